The molecule has 0 radical (unpaired) electrons. The number of hydrogen-bond donors (Lipinski definition) is 3. The first-order chi connectivity index (χ1) is 11.4. The van der Waals surface area contributed by atoms with Crippen molar-refractivity contribution in [1.29, 1.82) is 0 Å². The van der Waals surface area contributed by atoms with Crippen molar-refractivity contribution in [2.75, 3.05) is 11.9 Å². The molecule has 1 aromatic rings. The van der Waals surface area contributed by atoms with E-state index in [1.54, 1.807) is 12.1 Å². The summed E-state index contributed by atoms with van der Waals surface area (Å²) >= 11 is 0. The van der Waals surface area contributed by atoms with Crippen LogP contribution in [0, 0.1) is 11.3 Å². The molecule has 130 valence electrons. The second-order valence-corrected chi connectivity index (χ2v) is 6.90. The topological polar surface area (TPSA) is 78.4 Å². The van der Waals surface area contributed by atoms with E-state index in [2.05, 4.69) is 17.2 Å². The lowest BCUT2D eigenvalue weighted by Crippen LogP contribution is -2.39. The highest BCUT2D eigenvalue weighted by Gasteiger charge is 2.49. The van der Waals surface area contributed by atoms with Gasteiger partial charge in [0.05, 0.1) is 12.5 Å². The minimum absolute atomic E-state index is 0.0555. The van der Waals surface area contributed by atoms with Crippen LogP contribution in [0.3, 0.4) is 0 Å². The molecule has 1 aliphatic carbocycles. The lowest BCUT2D eigenvalue weighted by atomic mass is 9.90. The van der Waals surface area contributed by atoms with Gasteiger partial charge < -0.3 is 15.7 Å². The van der Waals surface area contributed by atoms with Crippen molar-refractivity contribution in [2.45, 2.75) is 39.2 Å². The van der Waals surface area contributed by atoms with Gasteiger partial charge in [0.15, 0.2) is 0 Å². The number of nitrogens with one attached hydrogen (secondary N) is 2. The Morgan fingerprint density at radius 2 is 1.92 bits per heavy atom. The summed E-state index contributed by atoms with van der Waals surface area (Å²) in [7, 11) is 0. The Labute approximate surface area is 143 Å². The van der Waals surface area contributed by atoms with Gasteiger partial charge in [0.2, 0.25) is 11.8 Å². The van der Waals surface area contributed by atoms with Crippen molar-refractivity contribution in [3.8, 4) is 0 Å². The first-order valence-corrected chi connectivity index (χ1v) is 8.33. The largest absolute Gasteiger partial charge is 0.392 e. The van der Waals surface area contributed by atoms with Crippen molar-refractivity contribution < 1.29 is 14.7 Å². The summed E-state index contributed by atoms with van der Waals surface area (Å²) in [4.78, 5) is 23.3. The van der Waals surface area contributed by atoms with E-state index in [-0.39, 0.29) is 35.7 Å². The quantitative estimate of drug-likeness (QED) is 0.640. The number of amides is 2. The van der Waals surface area contributed by atoms with Crippen molar-refractivity contribution in [2.24, 2.45) is 11.3 Å². The highest BCUT2D eigenvalue weighted by molar-refractivity contribution is 5.98. The smallest absolute Gasteiger partial charge is 0.247 e. The summed E-state index contributed by atoms with van der Waals surface area (Å²) in [6.45, 7) is 7.92. The molecule has 2 rings (SSSR count). The van der Waals surface area contributed by atoms with Crippen molar-refractivity contribution >= 4 is 17.5 Å². The fraction of sp³-hybridized carbons (Fsp3) is 0.474. The van der Waals surface area contributed by atoms with E-state index in [9.17, 15) is 14.7 Å². The molecule has 1 aliphatic rings. The molecule has 1 atom stereocenters. The molecule has 1 aromatic carbocycles. The zero-order valence-corrected chi connectivity index (χ0v) is 14.3. The fourth-order valence-corrected chi connectivity index (χ4v) is 2.87. The maximum Gasteiger partial charge on any atom is 0.247 e. The van der Waals surface area contributed by atoms with Crippen LogP contribution in [0.5, 0.6) is 0 Å². The van der Waals surface area contributed by atoms with Gasteiger partial charge >= 0.3 is 0 Å². The predicted octanol–water partition coefficient (Wildman–Crippen LogP) is 2.27. The van der Waals surface area contributed by atoms with Gasteiger partial charge in [-0.25, -0.2) is 0 Å². The second-order valence-electron chi connectivity index (χ2n) is 6.90. The summed E-state index contributed by atoms with van der Waals surface area (Å²) in [6.07, 6.45) is 3.05. The van der Waals surface area contributed by atoms with E-state index < -0.39 is 0 Å². The third-order valence-corrected chi connectivity index (χ3v) is 4.56. The molecule has 0 bridgehead atoms. The number of benzene rings is 1. The van der Waals surface area contributed by atoms with Gasteiger partial charge in [-0.15, -0.1) is 0 Å². The van der Waals surface area contributed by atoms with E-state index in [0.717, 1.165) is 18.4 Å². The summed E-state index contributed by atoms with van der Waals surface area (Å²) in [6, 6.07) is 7.14. The van der Waals surface area contributed by atoms with Crippen LogP contribution in [0.25, 0.3) is 0 Å². The third-order valence-electron chi connectivity index (χ3n) is 4.56. The Morgan fingerprint density at radius 3 is 2.42 bits per heavy atom. The molecule has 1 unspecified atom stereocenters. The van der Waals surface area contributed by atoms with Gasteiger partial charge in [-0.2, -0.15) is 0 Å². The number of aliphatic hydroxyl groups is 1. The van der Waals surface area contributed by atoms with Crippen LogP contribution in [-0.4, -0.2) is 29.6 Å². The van der Waals surface area contributed by atoms with Crippen molar-refractivity contribution in [3.05, 3.63) is 42.5 Å². The Balaban J connectivity index is 1.82. The normalized spacial score (nSPS) is 16.3. The van der Waals surface area contributed by atoms with Gasteiger partial charge in [-0.1, -0.05) is 32.6 Å². The van der Waals surface area contributed by atoms with Gasteiger partial charge in [-0.3, -0.25) is 9.59 Å². The average Bonchev–Trinajstić information content (AvgIpc) is 3.35. The van der Waals surface area contributed by atoms with E-state index >= 15 is 0 Å². The first-order valence-electron chi connectivity index (χ1n) is 8.33. The average molecular weight is 330 g/mol. The summed E-state index contributed by atoms with van der Waals surface area (Å²) in [5.41, 5.74) is 1.40. The van der Waals surface area contributed by atoms with Gasteiger partial charge in [0, 0.05) is 17.6 Å². The minimum atomic E-state index is -0.370. The molecule has 1 fully saturated rings. The number of rotatable bonds is 8. The molecule has 1 saturated carbocycles. The van der Waals surface area contributed by atoms with Crippen molar-refractivity contribution in [1.82, 2.24) is 5.32 Å². The second kappa shape index (κ2) is 7.62. The number of anilines is 1. The van der Waals surface area contributed by atoms with E-state index in [1.807, 2.05) is 26.0 Å². The Morgan fingerprint density at radius 1 is 1.29 bits per heavy atom. The predicted molar refractivity (Wildman–Crippen MR) is 94.5 cm³/mol. The Bertz CT molecular complexity index is 604. The zero-order chi connectivity index (χ0) is 17.7. The van der Waals surface area contributed by atoms with E-state index in [4.69, 9.17) is 0 Å². The molecular formula is C19H26N2O3. The molecule has 0 saturated heterocycles. The first kappa shape index (κ1) is 18.2. The zero-order valence-electron chi connectivity index (χ0n) is 14.3. The van der Waals surface area contributed by atoms with Crippen LogP contribution in [0.4, 0.5) is 5.69 Å². The van der Waals surface area contributed by atoms with E-state index in [1.165, 1.54) is 6.08 Å². The molecular weight excluding hydrogens is 304 g/mol. The molecule has 2 amide bonds. The number of carbonyl (C=O) groups excluding carboxylic acids is 2. The molecule has 5 heteroatoms. The molecule has 0 aromatic heterocycles. The number of aliphatic hydroxyl groups excluding tert-OH is 1. The van der Waals surface area contributed by atoms with Crippen LogP contribution < -0.4 is 10.6 Å². The maximum absolute atomic E-state index is 12.1. The molecule has 3 N–H and O–H groups in total. The van der Waals surface area contributed by atoms with Crippen LogP contribution in [0.1, 0.15) is 32.3 Å². The van der Waals surface area contributed by atoms with Gasteiger partial charge in [-0.05, 0) is 42.5 Å². The Kier molecular flexibility index (Phi) is 5.78. The molecule has 5 nitrogen and oxygen atoms in total. The monoisotopic (exact) mass is 330 g/mol. The van der Waals surface area contributed by atoms with Gasteiger partial charge in [0.1, 0.15) is 0 Å². The highest BCUT2D eigenvalue weighted by Crippen LogP contribution is 2.50. The molecule has 24 heavy (non-hydrogen) atoms. The van der Waals surface area contributed by atoms with E-state index in [0.29, 0.717) is 12.2 Å². The Hall–Kier alpha value is -2.14. The summed E-state index contributed by atoms with van der Waals surface area (Å²) in [5.74, 6) is -0.123. The highest BCUT2D eigenvalue weighted by atomic mass is 16.3. The molecule has 0 heterocycles. The van der Waals surface area contributed by atoms with Crippen LogP contribution in [0.2, 0.25) is 0 Å². The van der Waals surface area contributed by atoms with Crippen LogP contribution >= 0.6 is 0 Å². The summed E-state index contributed by atoms with van der Waals surface area (Å²) < 4.78 is 0. The van der Waals surface area contributed by atoms with Crippen LogP contribution in [-0.2, 0) is 16.0 Å². The fourth-order valence-electron chi connectivity index (χ4n) is 2.87. The van der Waals surface area contributed by atoms with Crippen molar-refractivity contribution in [3.63, 3.8) is 0 Å². The summed E-state index contributed by atoms with van der Waals surface area (Å²) in [5, 5.41) is 15.9. The minimum Gasteiger partial charge on any atom is -0.392 e. The lowest BCUT2D eigenvalue weighted by molar-refractivity contribution is -0.121. The molecule has 0 spiro atoms. The maximum atomic E-state index is 12.1. The SMILES string of the molecule is C=CC(=O)Nc1ccc(CC(=O)NCC2(C(O)C(C)C)CC2)cc1. The lowest BCUT2D eigenvalue weighted by Gasteiger charge is -2.25. The number of hydrogen-bond acceptors (Lipinski definition) is 3. The third kappa shape index (κ3) is 4.68. The van der Waals surface area contributed by atoms with Gasteiger partial charge in [0.25, 0.3) is 0 Å². The number of carbonyl (C=O) groups is 2. The van der Waals surface area contributed by atoms with Crippen LogP contribution in [0.15, 0.2) is 36.9 Å². The standard InChI is InChI=1S/C19H26N2O3/c1-4-16(22)21-15-7-5-14(6-8-15)11-17(23)20-12-19(9-10-19)18(24)13(2)3/h4-8,13,18,24H,1,9-12H2,2-3H3,(H,20,23)(H,21,22). The molecule has 0 aliphatic heterocycles.